The number of nitrogens with zero attached hydrogens (tertiary/aromatic N) is 3. The van der Waals surface area contributed by atoms with Crippen molar-refractivity contribution >= 4 is 15.9 Å². The van der Waals surface area contributed by atoms with Gasteiger partial charge in [-0.05, 0) is 38.0 Å². The first-order valence-electron chi connectivity index (χ1n) is 10.3. The summed E-state index contributed by atoms with van der Waals surface area (Å²) in [5.41, 5.74) is 4.22. The zero-order valence-corrected chi connectivity index (χ0v) is 19.1. The summed E-state index contributed by atoms with van der Waals surface area (Å²) in [6.07, 6.45) is 0. The number of amides is 1. The molecule has 1 heterocycles. The van der Waals surface area contributed by atoms with Gasteiger partial charge in [-0.15, -0.1) is 0 Å². The van der Waals surface area contributed by atoms with Crippen molar-refractivity contribution in [3.05, 3.63) is 64.7 Å². The first-order chi connectivity index (χ1) is 14.2. The Bertz CT molecular complexity index is 1010. The number of hydrogen-bond donors (Lipinski definition) is 0. The van der Waals surface area contributed by atoms with E-state index in [-0.39, 0.29) is 17.3 Å². The molecule has 0 bridgehead atoms. The Balaban J connectivity index is 1.56. The van der Waals surface area contributed by atoms with Gasteiger partial charge in [-0.2, -0.15) is 4.31 Å². The zero-order valence-electron chi connectivity index (χ0n) is 18.3. The molecular formula is C23H31N3O3S. The van der Waals surface area contributed by atoms with Gasteiger partial charge in [0.2, 0.25) is 15.9 Å². The summed E-state index contributed by atoms with van der Waals surface area (Å²) in [4.78, 5) is 17.1. The summed E-state index contributed by atoms with van der Waals surface area (Å²) in [6.45, 7) is 9.31. The molecular weight excluding hydrogens is 398 g/mol. The molecule has 0 atom stereocenters. The van der Waals surface area contributed by atoms with Crippen LogP contribution in [-0.4, -0.2) is 68.2 Å². The minimum Gasteiger partial charge on any atom is -0.339 e. The van der Waals surface area contributed by atoms with Gasteiger partial charge in [0, 0.05) is 39.8 Å². The fourth-order valence-corrected chi connectivity index (χ4v) is 5.18. The molecule has 0 unspecified atom stereocenters. The van der Waals surface area contributed by atoms with Crippen LogP contribution in [0.1, 0.15) is 22.3 Å². The lowest BCUT2D eigenvalue weighted by molar-refractivity contribution is -0.133. The van der Waals surface area contributed by atoms with Gasteiger partial charge in [0.05, 0.1) is 11.4 Å². The van der Waals surface area contributed by atoms with E-state index in [0.29, 0.717) is 18.7 Å². The van der Waals surface area contributed by atoms with Crippen molar-refractivity contribution in [1.82, 2.24) is 14.1 Å². The van der Waals surface area contributed by atoms with Crippen molar-refractivity contribution in [3.8, 4) is 0 Å². The third-order valence-electron chi connectivity index (χ3n) is 5.59. The van der Waals surface area contributed by atoms with Crippen molar-refractivity contribution < 1.29 is 13.2 Å². The van der Waals surface area contributed by atoms with Crippen LogP contribution in [0.4, 0.5) is 0 Å². The molecule has 2 aromatic carbocycles. The van der Waals surface area contributed by atoms with E-state index in [9.17, 15) is 13.2 Å². The van der Waals surface area contributed by atoms with E-state index in [1.165, 1.54) is 18.2 Å². The van der Waals surface area contributed by atoms with Crippen molar-refractivity contribution in [1.29, 1.82) is 0 Å². The molecule has 2 aromatic rings. The van der Waals surface area contributed by atoms with Gasteiger partial charge in [-0.1, -0.05) is 47.5 Å². The van der Waals surface area contributed by atoms with Crippen molar-refractivity contribution in [2.75, 3.05) is 39.8 Å². The summed E-state index contributed by atoms with van der Waals surface area (Å²) in [5, 5.41) is 0. The van der Waals surface area contributed by atoms with Crippen LogP contribution in [0.5, 0.6) is 0 Å². The topological polar surface area (TPSA) is 60.9 Å². The van der Waals surface area contributed by atoms with Crippen LogP contribution in [0.25, 0.3) is 0 Å². The highest BCUT2D eigenvalue weighted by Crippen LogP contribution is 2.20. The predicted molar refractivity (Wildman–Crippen MR) is 119 cm³/mol. The van der Waals surface area contributed by atoms with Gasteiger partial charge in [0.1, 0.15) is 0 Å². The molecule has 6 nitrogen and oxygen atoms in total. The maximum absolute atomic E-state index is 12.9. The first-order valence-corrected chi connectivity index (χ1v) is 11.7. The number of sulfonamides is 1. The standard InChI is InChI=1S/C23H31N3O3S/c1-18-6-5-7-21(15-18)16-25-10-12-26(13-11-25)23(27)17-24(4)30(28,29)22-9-8-19(2)14-20(22)3/h5-9,14-15H,10-13,16-17H2,1-4H3. The Morgan fingerprint density at radius 2 is 1.63 bits per heavy atom. The van der Waals surface area contributed by atoms with Crippen molar-refractivity contribution in [2.24, 2.45) is 0 Å². The SMILES string of the molecule is Cc1cccc(CN2CCN(C(=O)CN(C)S(=O)(=O)c3ccc(C)cc3C)CC2)c1. The molecule has 30 heavy (non-hydrogen) atoms. The molecule has 7 heteroatoms. The largest absolute Gasteiger partial charge is 0.339 e. The fraction of sp³-hybridized carbons (Fsp3) is 0.435. The molecule has 0 saturated carbocycles. The first kappa shape index (κ1) is 22.5. The highest BCUT2D eigenvalue weighted by atomic mass is 32.2. The van der Waals surface area contributed by atoms with Crippen LogP contribution in [0.2, 0.25) is 0 Å². The summed E-state index contributed by atoms with van der Waals surface area (Å²) >= 11 is 0. The lowest BCUT2D eigenvalue weighted by Gasteiger charge is -2.35. The van der Waals surface area contributed by atoms with Gasteiger partial charge in [0.25, 0.3) is 0 Å². The second-order valence-electron chi connectivity index (χ2n) is 8.18. The molecule has 0 spiro atoms. The number of hydrogen-bond acceptors (Lipinski definition) is 4. The average molecular weight is 430 g/mol. The van der Waals surface area contributed by atoms with Gasteiger partial charge in [-0.25, -0.2) is 8.42 Å². The molecule has 162 valence electrons. The number of aryl methyl sites for hydroxylation is 3. The highest BCUT2D eigenvalue weighted by Gasteiger charge is 2.28. The molecule has 1 aliphatic heterocycles. The fourth-order valence-electron chi connectivity index (χ4n) is 3.86. The lowest BCUT2D eigenvalue weighted by atomic mass is 10.1. The molecule has 1 aliphatic rings. The summed E-state index contributed by atoms with van der Waals surface area (Å²) in [6, 6.07) is 13.7. The van der Waals surface area contributed by atoms with Crippen LogP contribution < -0.4 is 0 Å². The summed E-state index contributed by atoms with van der Waals surface area (Å²) in [5.74, 6) is -0.152. The number of benzene rings is 2. The second-order valence-corrected chi connectivity index (χ2v) is 10.2. The van der Waals surface area contributed by atoms with Crippen LogP contribution in [0, 0.1) is 20.8 Å². The molecule has 0 N–H and O–H groups in total. The Hall–Kier alpha value is -2.22. The molecule has 0 radical (unpaired) electrons. The van der Waals surface area contributed by atoms with Crippen molar-refractivity contribution in [2.45, 2.75) is 32.2 Å². The maximum Gasteiger partial charge on any atom is 0.243 e. The minimum absolute atomic E-state index is 0.145. The van der Waals surface area contributed by atoms with E-state index in [4.69, 9.17) is 0 Å². The van der Waals surface area contributed by atoms with Crippen LogP contribution in [0.15, 0.2) is 47.4 Å². The number of piperazine rings is 1. The average Bonchev–Trinajstić information content (AvgIpc) is 2.68. The van der Waals surface area contributed by atoms with Crippen LogP contribution in [0.3, 0.4) is 0 Å². The van der Waals surface area contributed by atoms with E-state index in [1.807, 2.05) is 13.0 Å². The minimum atomic E-state index is -3.70. The number of carbonyl (C=O) groups excluding carboxylic acids is 1. The molecule has 1 amide bonds. The maximum atomic E-state index is 12.9. The smallest absolute Gasteiger partial charge is 0.243 e. The summed E-state index contributed by atoms with van der Waals surface area (Å²) < 4.78 is 27.0. The van der Waals surface area contributed by atoms with Gasteiger partial charge in [-0.3, -0.25) is 9.69 Å². The Morgan fingerprint density at radius 3 is 2.27 bits per heavy atom. The van der Waals surface area contributed by atoms with Gasteiger partial charge in [0.15, 0.2) is 0 Å². The quantitative estimate of drug-likeness (QED) is 0.708. The molecule has 3 rings (SSSR count). The van der Waals surface area contributed by atoms with Gasteiger partial charge < -0.3 is 4.90 Å². The van der Waals surface area contributed by atoms with Crippen LogP contribution in [-0.2, 0) is 21.4 Å². The summed E-state index contributed by atoms with van der Waals surface area (Å²) in [7, 11) is -2.23. The third-order valence-corrected chi connectivity index (χ3v) is 7.55. The van der Waals surface area contributed by atoms with Gasteiger partial charge >= 0.3 is 0 Å². The van der Waals surface area contributed by atoms with E-state index in [1.54, 1.807) is 24.0 Å². The molecule has 0 aromatic heterocycles. The number of carbonyl (C=O) groups is 1. The zero-order chi connectivity index (χ0) is 21.9. The predicted octanol–water partition coefficient (Wildman–Crippen LogP) is 2.58. The molecule has 1 fully saturated rings. The second kappa shape index (κ2) is 9.29. The Morgan fingerprint density at radius 1 is 0.967 bits per heavy atom. The normalized spacial score (nSPS) is 15.6. The Kier molecular flexibility index (Phi) is 6.95. The molecule has 0 aliphatic carbocycles. The van der Waals surface area contributed by atoms with E-state index < -0.39 is 10.0 Å². The highest BCUT2D eigenvalue weighted by molar-refractivity contribution is 7.89. The van der Waals surface area contributed by atoms with Crippen LogP contribution >= 0.6 is 0 Å². The Labute approximate surface area is 180 Å². The monoisotopic (exact) mass is 429 g/mol. The third kappa shape index (κ3) is 5.28. The molecule has 1 saturated heterocycles. The van der Waals surface area contributed by atoms with E-state index in [2.05, 4.69) is 36.1 Å². The number of rotatable bonds is 6. The van der Waals surface area contributed by atoms with Crippen molar-refractivity contribution in [3.63, 3.8) is 0 Å². The van der Waals surface area contributed by atoms with E-state index >= 15 is 0 Å². The number of likely N-dealkylation sites (N-methyl/N-ethyl adjacent to an activating group) is 1. The lowest BCUT2D eigenvalue weighted by Crippen LogP contribution is -2.51. The van der Waals surface area contributed by atoms with E-state index in [0.717, 1.165) is 29.5 Å².